The zero-order valence-electron chi connectivity index (χ0n) is 18.2. The highest BCUT2D eigenvalue weighted by Crippen LogP contribution is 2.20. The van der Waals surface area contributed by atoms with Crippen molar-refractivity contribution in [3.8, 4) is 17.1 Å². The molecule has 2 heterocycles. The third-order valence-corrected chi connectivity index (χ3v) is 5.46. The van der Waals surface area contributed by atoms with E-state index >= 15 is 0 Å². The molecule has 1 saturated heterocycles. The van der Waals surface area contributed by atoms with E-state index in [1.54, 1.807) is 7.11 Å². The predicted octanol–water partition coefficient (Wildman–Crippen LogP) is 2.87. The maximum atomic E-state index is 12.7. The fourth-order valence-electron chi connectivity index (χ4n) is 3.66. The van der Waals surface area contributed by atoms with Crippen molar-refractivity contribution in [1.82, 2.24) is 20.4 Å². The molecule has 4 rings (SSSR count). The van der Waals surface area contributed by atoms with Gasteiger partial charge in [0.15, 0.2) is 0 Å². The lowest BCUT2D eigenvalue weighted by Gasteiger charge is -2.31. The molecule has 0 spiro atoms. The number of rotatable bonds is 9. The summed E-state index contributed by atoms with van der Waals surface area (Å²) >= 11 is 0. The van der Waals surface area contributed by atoms with Crippen LogP contribution in [0.4, 0.5) is 0 Å². The highest BCUT2D eigenvalue weighted by Gasteiger charge is 2.20. The van der Waals surface area contributed by atoms with Crippen LogP contribution in [0.3, 0.4) is 0 Å². The number of carbonyl (C=O) groups is 1. The molecule has 1 fully saturated rings. The standard InChI is InChI=1S/C24H28N4O4/c1-30-20-9-7-19(8-10-20)24-26-23(32-27-24)12-11-22(29)25-21(18-5-3-2-4-6-18)17-28-13-15-31-16-14-28/h2-10,21H,11-17H2,1H3,(H,25,29). The lowest BCUT2D eigenvalue weighted by molar-refractivity contribution is -0.122. The molecule has 1 aliphatic rings. The van der Waals surface area contributed by atoms with Gasteiger partial charge in [-0.05, 0) is 29.8 Å². The van der Waals surface area contributed by atoms with Gasteiger partial charge in [0.25, 0.3) is 0 Å². The summed E-state index contributed by atoms with van der Waals surface area (Å²) in [5, 5.41) is 7.21. The first-order valence-corrected chi connectivity index (χ1v) is 10.8. The second kappa shape index (κ2) is 10.9. The number of carbonyl (C=O) groups excluding carboxylic acids is 1. The molecular weight excluding hydrogens is 408 g/mol. The number of aryl methyl sites for hydroxylation is 1. The summed E-state index contributed by atoms with van der Waals surface area (Å²) in [7, 11) is 1.62. The number of nitrogens with zero attached hydrogens (tertiary/aromatic N) is 3. The summed E-state index contributed by atoms with van der Waals surface area (Å²) in [6, 6.07) is 17.4. The molecule has 8 heteroatoms. The van der Waals surface area contributed by atoms with Crippen LogP contribution < -0.4 is 10.1 Å². The SMILES string of the molecule is COc1ccc(-c2noc(CCC(=O)NC(CN3CCOCC3)c3ccccc3)n2)cc1. The summed E-state index contributed by atoms with van der Waals surface area (Å²) in [5.41, 5.74) is 1.92. The van der Waals surface area contributed by atoms with Gasteiger partial charge in [-0.25, -0.2) is 0 Å². The van der Waals surface area contributed by atoms with Gasteiger partial charge in [0.2, 0.25) is 17.6 Å². The lowest BCUT2D eigenvalue weighted by atomic mass is 10.1. The fourth-order valence-corrected chi connectivity index (χ4v) is 3.66. The molecular formula is C24H28N4O4. The van der Waals surface area contributed by atoms with Crippen molar-refractivity contribution in [2.75, 3.05) is 40.0 Å². The van der Waals surface area contributed by atoms with Gasteiger partial charge in [-0.1, -0.05) is 35.5 Å². The average Bonchev–Trinajstić information content (AvgIpc) is 3.33. The molecule has 2 aromatic carbocycles. The van der Waals surface area contributed by atoms with E-state index in [9.17, 15) is 4.79 Å². The van der Waals surface area contributed by atoms with E-state index in [1.807, 2.05) is 54.6 Å². The van der Waals surface area contributed by atoms with E-state index in [0.29, 0.717) is 18.1 Å². The molecule has 1 aliphatic heterocycles. The van der Waals surface area contributed by atoms with Gasteiger partial charge in [0.05, 0.1) is 26.4 Å². The van der Waals surface area contributed by atoms with Crippen molar-refractivity contribution in [2.45, 2.75) is 18.9 Å². The fraction of sp³-hybridized carbons (Fsp3) is 0.375. The number of hydrogen-bond acceptors (Lipinski definition) is 7. The molecule has 8 nitrogen and oxygen atoms in total. The van der Waals surface area contributed by atoms with Gasteiger partial charge >= 0.3 is 0 Å². The Morgan fingerprint density at radius 3 is 2.59 bits per heavy atom. The Morgan fingerprint density at radius 2 is 1.88 bits per heavy atom. The van der Waals surface area contributed by atoms with Gasteiger partial charge in [-0.15, -0.1) is 0 Å². The zero-order valence-corrected chi connectivity index (χ0v) is 18.2. The largest absolute Gasteiger partial charge is 0.497 e. The Bertz CT molecular complexity index is 985. The zero-order chi connectivity index (χ0) is 22.2. The first kappa shape index (κ1) is 22.0. The number of benzene rings is 2. The Labute approximate surface area is 187 Å². The molecule has 1 atom stereocenters. The van der Waals surface area contributed by atoms with Crippen molar-refractivity contribution in [3.63, 3.8) is 0 Å². The number of morpholine rings is 1. The van der Waals surface area contributed by atoms with E-state index in [1.165, 1.54) is 0 Å². The summed E-state index contributed by atoms with van der Waals surface area (Å²) < 4.78 is 16.0. The molecule has 1 N–H and O–H groups in total. The molecule has 1 amide bonds. The van der Waals surface area contributed by atoms with Crippen LogP contribution in [-0.4, -0.2) is 60.9 Å². The molecule has 0 saturated carbocycles. The normalized spacial score (nSPS) is 15.3. The van der Waals surface area contributed by atoms with Gasteiger partial charge in [0.1, 0.15) is 5.75 Å². The van der Waals surface area contributed by atoms with Crippen molar-refractivity contribution >= 4 is 5.91 Å². The van der Waals surface area contributed by atoms with Crippen molar-refractivity contribution in [3.05, 3.63) is 66.1 Å². The summed E-state index contributed by atoms with van der Waals surface area (Å²) in [6.45, 7) is 3.94. The van der Waals surface area contributed by atoms with Crippen molar-refractivity contribution in [1.29, 1.82) is 0 Å². The summed E-state index contributed by atoms with van der Waals surface area (Å²) in [4.78, 5) is 19.5. The van der Waals surface area contributed by atoms with Gasteiger partial charge in [-0.2, -0.15) is 4.98 Å². The van der Waals surface area contributed by atoms with E-state index < -0.39 is 0 Å². The molecule has 1 unspecified atom stereocenters. The van der Waals surface area contributed by atoms with Crippen LogP contribution in [0.1, 0.15) is 23.9 Å². The van der Waals surface area contributed by atoms with Crippen LogP contribution in [0, 0.1) is 0 Å². The van der Waals surface area contributed by atoms with Crippen LogP contribution in [0.15, 0.2) is 59.1 Å². The quantitative estimate of drug-likeness (QED) is 0.552. The maximum absolute atomic E-state index is 12.7. The predicted molar refractivity (Wildman–Crippen MR) is 119 cm³/mol. The Balaban J connectivity index is 1.34. The van der Waals surface area contributed by atoms with Crippen molar-refractivity contribution < 1.29 is 18.8 Å². The minimum atomic E-state index is -0.0839. The second-order valence-electron chi connectivity index (χ2n) is 7.68. The number of hydrogen-bond donors (Lipinski definition) is 1. The molecule has 32 heavy (non-hydrogen) atoms. The van der Waals surface area contributed by atoms with Crippen LogP contribution in [0.5, 0.6) is 5.75 Å². The maximum Gasteiger partial charge on any atom is 0.227 e. The first-order chi connectivity index (χ1) is 15.7. The highest BCUT2D eigenvalue weighted by molar-refractivity contribution is 5.76. The van der Waals surface area contributed by atoms with Crippen molar-refractivity contribution in [2.24, 2.45) is 0 Å². The Morgan fingerprint density at radius 1 is 1.12 bits per heavy atom. The summed E-state index contributed by atoms with van der Waals surface area (Å²) in [6.07, 6.45) is 0.657. The van der Waals surface area contributed by atoms with E-state index in [2.05, 4.69) is 20.4 Å². The monoisotopic (exact) mass is 436 g/mol. The third-order valence-electron chi connectivity index (χ3n) is 5.46. The smallest absolute Gasteiger partial charge is 0.227 e. The lowest BCUT2D eigenvalue weighted by Crippen LogP contribution is -2.43. The topological polar surface area (TPSA) is 89.7 Å². The number of ether oxygens (including phenoxy) is 2. The summed E-state index contributed by atoms with van der Waals surface area (Å²) in [5.74, 6) is 1.66. The number of nitrogens with one attached hydrogen (secondary N) is 1. The van der Waals surface area contributed by atoms with Crippen LogP contribution >= 0.6 is 0 Å². The van der Waals surface area contributed by atoms with E-state index in [0.717, 1.165) is 49.7 Å². The molecule has 0 bridgehead atoms. The van der Waals surface area contributed by atoms with Crippen LogP contribution in [0.2, 0.25) is 0 Å². The van der Waals surface area contributed by atoms with Gasteiger partial charge < -0.3 is 19.3 Å². The van der Waals surface area contributed by atoms with Crippen LogP contribution in [0.25, 0.3) is 11.4 Å². The van der Waals surface area contributed by atoms with E-state index in [4.69, 9.17) is 14.0 Å². The molecule has 1 aromatic heterocycles. The van der Waals surface area contributed by atoms with Gasteiger partial charge in [0, 0.05) is 38.0 Å². The number of methoxy groups -OCH3 is 1. The molecule has 0 radical (unpaired) electrons. The molecule has 0 aliphatic carbocycles. The third kappa shape index (κ3) is 5.93. The average molecular weight is 437 g/mol. The minimum absolute atomic E-state index is 0.0451. The molecule has 3 aromatic rings. The number of amides is 1. The Hall–Kier alpha value is -3.23. The minimum Gasteiger partial charge on any atom is -0.497 e. The van der Waals surface area contributed by atoms with Crippen LogP contribution in [-0.2, 0) is 16.0 Å². The first-order valence-electron chi connectivity index (χ1n) is 10.8. The van der Waals surface area contributed by atoms with E-state index in [-0.39, 0.29) is 18.4 Å². The van der Waals surface area contributed by atoms with Gasteiger partial charge in [-0.3, -0.25) is 9.69 Å². The Kier molecular flexibility index (Phi) is 7.47. The number of aromatic nitrogens is 2. The second-order valence-corrected chi connectivity index (χ2v) is 7.68. The highest BCUT2D eigenvalue weighted by atomic mass is 16.5. The molecule has 168 valence electrons.